The maximum Gasteiger partial charge on any atom is 0.315 e. The van der Waals surface area contributed by atoms with Crippen LogP contribution in [0.25, 0.3) is 11.0 Å². The van der Waals surface area contributed by atoms with E-state index in [0.717, 1.165) is 17.8 Å². The van der Waals surface area contributed by atoms with Crippen molar-refractivity contribution in [3.05, 3.63) is 24.0 Å². The molecule has 2 fully saturated rings. The van der Waals surface area contributed by atoms with Crippen molar-refractivity contribution in [1.82, 2.24) is 24.5 Å². The van der Waals surface area contributed by atoms with Crippen LogP contribution in [-0.2, 0) is 22.2 Å². The lowest BCUT2D eigenvalue weighted by Crippen LogP contribution is -2.51. The molecule has 2 N–H and O–H groups in total. The fourth-order valence-corrected chi connectivity index (χ4v) is 7.26. The highest BCUT2D eigenvalue weighted by molar-refractivity contribution is 7.90. The molecule has 12 heteroatoms. The molecule has 2 heterocycles. The quantitative estimate of drug-likeness (QED) is 0.383. The van der Waals surface area contributed by atoms with Crippen molar-refractivity contribution in [1.29, 1.82) is 0 Å². The Morgan fingerprint density at radius 3 is 2.38 bits per heavy atom. The summed E-state index contributed by atoms with van der Waals surface area (Å²) in [6.45, 7) is 12.3. The molecule has 1 aliphatic heterocycles. The fourth-order valence-electron chi connectivity index (χ4n) is 5.86. The second kappa shape index (κ2) is 12.6. The maximum absolute atomic E-state index is 13.8. The SMILES string of the molecule is CC(C)CCNC(=O)NC1CCN(S(=O)(=O)N(C)c2ccc3c(c2)nc(C(C)(C)C)n3CC2CCC(F)(F)CC2)CC1. The molecule has 1 aromatic heterocycles. The summed E-state index contributed by atoms with van der Waals surface area (Å²) in [4.78, 5) is 17.1. The summed E-state index contributed by atoms with van der Waals surface area (Å²) in [6.07, 6.45) is 2.77. The number of anilines is 1. The zero-order valence-corrected chi connectivity index (χ0v) is 26.7. The van der Waals surface area contributed by atoms with Gasteiger partial charge in [0.1, 0.15) is 5.82 Å². The number of fused-ring (bicyclic) bond motifs is 1. The van der Waals surface area contributed by atoms with Crippen LogP contribution < -0.4 is 14.9 Å². The smallest absolute Gasteiger partial charge is 0.315 e. The molecule has 42 heavy (non-hydrogen) atoms. The Labute approximate surface area is 249 Å². The van der Waals surface area contributed by atoms with Gasteiger partial charge in [-0.05, 0) is 62.1 Å². The highest BCUT2D eigenvalue weighted by Gasteiger charge is 2.36. The summed E-state index contributed by atoms with van der Waals surface area (Å²) >= 11 is 0. The number of benzene rings is 1. The number of aromatic nitrogens is 2. The summed E-state index contributed by atoms with van der Waals surface area (Å²) in [5, 5.41) is 5.84. The van der Waals surface area contributed by atoms with Crippen LogP contribution >= 0.6 is 0 Å². The molecule has 0 radical (unpaired) electrons. The molecule has 1 saturated carbocycles. The molecule has 9 nitrogen and oxygen atoms in total. The lowest BCUT2D eigenvalue weighted by atomic mass is 9.86. The third-order valence-corrected chi connectivity index (χ3v) is 10.4. The van der Waals surface area contributed by atoms with Crippen LogP contribution in [0.2, 0.25) is 0 Å². The molecule has 236 valence electrons. The average molecular weight is 611 g/mol. The predicted molar refractivity (Wildman–Crippen MR) is 163 cm³/mol. The zero-order chi connectivity index (χ0) is 30.9. The minimum atomic E-state index is -3.79. The number of urea groups is 1. The first-order valence-corrected chi connectivity index (χ1v) is 16.6. The van der Waals surface area contributed by atoms with E-state index < -0.39 is 16.1 Å². The van der Waals surface area contributed by atoms with Crippen molar-refractivity contribution in [3.63, 3.8) is 0 Å². The Balaban J connectivity index is 1.44. The van der Waals surface area contributed by atoms with Gasteiger partial charge in [-0.3, -0.25) is 4.31 Å². The van der Waals surface area contributed by atoms with Gasteiger partial charge in [0, 0.05) is 57.5 Å². The number of nitrogens with one attached hydrogen (secondary N) is 2. The number of rotatable bonds is 9. The Morgan fingerprint density at radius 1 is 1.14 bits per heavy atom. The summed E-state index contributed by atoms with van der Waals surface area (Å²) in [7, 11) is -2.24. The van der Waals surface area contributed by atoms with Crippen LogP contribution in [0.15, 0.2) is 18.2 Å². The fraction of sp³-hybridized carbons (Fsp3) is 0.733. The highest BCUT2D eigenvalue weighted by Crippen LogP contribution is 2.38. The van der Waals surface area contributed by atoms with E-state index in [1.165, 1.54) is 8.61 Å². The van der Waals surface area contributed by atoms with Gasteiger partial charge in [-0.15, -0.1) is 0 Å². The van der Waals surface area contributed by atoms with E-state index in [4.69, 9.17) is 4.98 Å². The summed E-state index contributed by atoms with van der Waals surface area (Å²) in [6, 6.07) is 5.19. The topological polar surface area (TPSA) is 99.6 Å². The number of amides is 2. The van der Waals surface area contributed by atoms with Gasteiger partial charge in [0.05, 0.1) is 16.7 Å². The van der Waals surface area contributed by atoms with Crippen molar-refractivity contribution < 1.29 is 22.0 Å². The van der Waals surface area contributed by atoms with Gasteiger partial charge in [0.25, 0.3) is 0 Å². The summed E-state index contributed by atoms with van der Waals surface area (Å²) in [5.74, 6) is -1.05. The van der Waals surface area contributed by atoms with Gasteiger partial charge in [0.2, 0.25) is 5.92 Å². The molecule has 2 aliphatic rings. The highest BCUT2D eigenvalue weighted by atomic mass is 32.2. The maximum atomic E-state index is 13.8. The Bertz CT molecular complexity index is 1340. The van der Waals surface area contributed by atoms with E-state index in [-0.39, 0.29) is 36.2 Å². The largest absolute Gasteiger partial charge is 0.338 e. The van der Waals surface area contributed by atoms with Crippen LogP contribution in [0.3, 0.4) is 0 Å². The van der Waals surface area contributed by atoms with E-state index in [0.29, 0.717) is 69.0 Å². The lowest BCUT2D eigenvalue weighted by molar-refractivity contribution is -0.0473. The number of carbonyl (C=O) groups is 1. The van der Waals surface area contributed by atoms with Gasteiger partial charge >= 0.3 is 16.2 Å². The van der Waals surface area contributed by atoms with Crippen molar-refractivity contribution in [2.75, 3.05) is 31.0 Å². The Morgan fingerprint density at radius 2 is 1.79 bits per heavy atom. The summed E-state index contributed by atoms with van der Waals surface area (Å²) < 4.78 is 59.6. The Kier molecular flexibility index (Phi) is 9.76. The van der Waals surface area contributed by atoms with Gasteiger partial charge in [-0.25, -0.2) is 18.6 Å². The number of hydrogen-bond donors (Lipinski definition) is 2. The lowest BCUT2D eigenvalue weighted by Gasteiger charge is -2.34. The number of imidazole rings is 1. The van der Waals surface area contributed by atoms with Crippen molar-refractivity contribution in [3.8, 4) is 0 Å². The van der Waals surface area contributed by atoms with Crippen LogP contribution in [0.5, 0.6) is 0 Å². The van der Waals surface area contributed by atoms with Gasteiger partial charge in [0.15, 0.2) is 0 Å². The molecule has 2 aromatic rings. The Hall–Kier alpha value is -2.47. The normalized spacial score (nSPS) is 19.4. The molecule has 1 aromatic carbocycles. The number of carbonyl (C=O) groups excluding carboxylic acids is 1. The third-order valence-electron chi connectivity index (χ3n) is 8.51. The van der Waals surface area contributed by atoms with Crippen molar-refractivity contribution in [2.24, 2.45) is 11.8 Å². The second-order valence-electron chi connectivity index (χ2n) is 13.5. The zero-order valence-electron chi connectivity index (χ0n) is 25.9. The molecule has 0 unspecified atom stereocenters. The van der Waals surface area contributed by atoms with Crippen LogP contribution in [-0.4, -0.2) is 67.0 Å². The van der Waals surface area contributed by atoms with E-state index >= 15 is 0 Å². The molecule has 4 rings (SSSR count). The number of alkyl halides is 2. The average Bonchev–Trinajstić information content (AvgIpc) is 3.27. The molecule has 0 atom stereocenters. The van der Waals surface area contributed by atoms with E-state index in [9.17, 15) is 22.0 Å². The summed E-state index contributed by atoms with van der Waals surface area (Å²) in [5.41, 5.74) is 1.80. The molecule has 1 aliphatic carbocycles. The standard InChI is InChI=1S/C30H48F2N6O3S/c1-21(2)11-16-33-28(39)34-23-12-17-37(18-13-23)42(40,41)36(6)24-7-8-26-25(19-24)35-27(29(3,4)5)38(26)20-22-9-14-30(31,32)15-10-22/h7-8,19,21-23H,9-18,20H2,1-6H3,(H2,33,34,39). The molecule has 2 amide bonds. The van der Waals surface area contributed by atoms with Crippen LogP contribution in [0.1, 0.15) is 85.4 Å². The first kappa shape index (κ1) is 32.4. The van der Waals surface area contributed by atoms with E-state index in [1.54, 1.807) is 19.2 Å². The molecule has 0 bridgehead atoms. The van der Waals surface area contributed by atoms with Gasteiger partial charge < -0.3 is 15.2 Å². The minimum Gasteiger partial charge on any atom is -0.338 e. The van der Waals surface area contributed by atoms with Crippen LogP contribution in [0, 0.1) is 11.8 Å². The molecular weight excluding hydrogens is 562 g/mol. The van der Waals surface area contributed by atoms with Crippen LogP contribution in [0.4, 0.5) is 19.3 Å². The van der Waals surface area contributed by atoms with Crippen molar-refractivity contribution >= 4 is 33.0 Å². The van der Waals surface area contributed by atoms with E-state index in [2.05, 4.69) is 49.8 Å². The number of halogens is 2. The number of piperidine rings is 1. The van der Waals surface area contributed by atoms with Crippen molar-refractivity contribution in [2.45, 2.75) is 103 Å². The monoisotopic (exact) mass is 610 g/mol. The van der Waals surface area contributed by atoms with E-state index in [1.807, 2.05) is 6.07 Å². The minimum absolute atomic E-state index is 0.0765. The predicted octanol–water partition coefficient (Wildman–Crippen LogP) is 5.65. The molecule has 1 saturated heterocycles. The number of nitrogens with zero attached hydrogens (tertiary/aromatic N) is 4. The number of hydrogen-bond acceptors (Lipinski definition) is 4. The van der Waals surface area contributed by atoms with Gasteiger partial charge in [-0.2, -0.15) is 12.7 Å². The van der Waals surface area contributed by atoms with Gasteiger partial charge in [-0.1, -0.05) is 34.6 Å². The first-order valence-electron chi connectivity index (χ1n) is 15.2. The second-order valence-corrected chi connectivity index (χ2v) is 15.5. The molecule has 0 spiro atoms. The first-order chi connectivity index (χ1) is 19.6. The third kappa shape index (κ3) is 7.72. The molecular formula is C30H48F2N6O3S.